The van der Waals surface area contributed by atoms with E-state index < -0.39 is 20.0 Å². The molecule has 0 radical (unpaired) electrons. The van der Waals surface area contributed by atoms with Crippen molar-refractivity contribution in [2.45, 2.75) is 309 Å². The molecule has 1 amide bonds. The zero-order valence-corrected chi connectivity index (χ0v) is 52.8. The number of esters is 1. The Balaban J connectivity index is 5.05. The molecule has 3 unspecified atom stereocenters. The van der Waals surface area contributed by atoms with Gasteiger partial charge in [0.25, 0.3) is 0 Å². The van der Waals surface area contributed by atoms with Gasteiger partial charge in [-0.1, -0.05) is 255 Å². The maximum atomic E-state index is 13.6. The van der Waals surface area contributed by atoms with Gasteiger partial charge in [0.2, 0.25) is 5.91 Å². The van der Waals surface area contributed by atoms with Crippen LogP contribution in [0.5, 0.6) is 0 Å². The van der Waals surface area contributed by atoms with Crippen LogP contribution in [0.1, 0.15) is 297 Å². The van der Waals surface area contributed by atoms with Crippen LogP contribution in [0.4, 0.5) is 0 Å². The Kier molecular flexibility index (Phi) is 55.8. The number of phosphoric ester groups is 1. The number of carbonyl (C=O) groups excluding carboxylic acids is 2. The molecular formula is C68H126N2O7P+. The molecule has 3 atom stereocenters. The highest BCUT2D eigenvalue weighted by Gasteiger charge is 2.30. The lowest BCUT2D eigenvalue weighted by molar-refractivity contribution is -0.870. The second kappa shape index (κ2) is 57.7. The average Bonchev–Trinajstić information content (AvgIpc) is 3.41. The van der Waals surface area contributed by atoms with E-state index in [2.05, 4.69) is 86.8 Å². The van der Waals surface area contributed by atoms with Crippen molar-refractivity contribution in [1.82, 2.24) is 5.32 Å². The van der Waals surface area contributed by atoms with Gasteiger partial charge in [0.15, 0.2) is 0 Å². The predicted molar refractivity (Wildman–Crippen MR) is 337 cm³/mol. The van der Waals surface area contributed by atoms with Crippen molar-refractivity contribution in [2.24, 2.45) is 0 Å². The van der Waals surface area contributed by atoms with Gasteiger partial charge >= 0.3 is 13.8 Å². The molecule has 0 rings (SSSR count). The number of nitrogens with zero attached hydrogens (tertiary/aromatic N) is 1. The molecule has 2 N–H and O–H groups in total. The number of rotatable bonds is 59. The van der Waals surface area contributed by atoms with Crippen LogP contribution in [-0.2, 0) is 27.9 Å². The second-order valence-corrected chi connectivity index (χ2v) is 24.7. The Morgan fingerprint density at radius 2 is 0.782 bits per heavy atom. The summed E-state index contributed by atoms with van der Waals surface area (Å²) in [5.74, 6) is -0.524. The zero-order valence-electron chi connectivity index (χ0n) is 51.9. The minimum Gasteiger partial charge on any atom is -0.456 e. The molecule has 0 aliphatic carbocycles. The first-order valence-electron chi connectivity index (χ1n) is 32.8. The quantitative estimate of drug-likeness (QED) is 0.0205. The number of amides is 1. The topological polar surface area (TPSA) is 111 Å². The fourth-order valence-electron chi connectivity index (χ4n) is 9.27. The first-order valence-corrected chi connectivity index (χ1v) is 34.3. The van der Waals surface area contributed by atoms with Gasteiger partial charge in [-0.15, -0.1) is 0 Å². The summed E-state index contributed by atoms with van der Waals surface area (Å²) in [6.45, 7) is 6.97. The van der Waals surface area contributed by atoms with E-state index in [4.69, 9.17) is 13.8 Å². The molecule has 0 heterocycles. The Morgan fingerprint density at radius 3 is 1.22 bits per heavy atom. The predicted octanol–water partition coefficient (Wildman–Crippen LogP) is 20.4. The number of unbranched alkanes of at least 4 members (excludes halogenated alkanes) is 33. The van der Waals surface area contributed by atoms with Crippen molar-refractivity contribution in [3.8, 4) is 0 Å². The minimum absolute atomic E-state index is 0.0359. The third kappa shape index (κ3) is 58.1. The monoisotopic (exact) mass is 1110 g/mol. The van der Waals surface area contributed by atoms with Crippen LogP contribution in [0.3, 0.4) is 0 Å². The highest BCUT2D eigenvalue weighted by Crippen LogP contribution is 2.43. The summed E-state index contributed by atoms with van der Waals surface area (Å²) in [4.78, 5) is 37.7. The molecule has 0 aliphatic rings. The van der Waals surface area contributed by atoms with Crippen molar-refractivity contribution in [2.75, 3.05) is 40.9 Å². The number of quaternary nitrogens is 1. The number of ether oxygens (including phenoxy) is 1. The van der Waals surface area contributed by atoms with E-state index in [9.17, 15) is 19.0 Å². The summed E-state index contributed by atoms with van der Waals surface area (Å²) in [6.07, 6.45) is 74.8. The van der Waals surface area contributed by atoms with Gasteiger partial charge < -0.3 is 19.4 Å². The fourth-order valence-corrected chi connectivity index (χ4v) is 10.0. The normalized spacial score (nSPS) is 14.1. The first kappa shape index (κ1) is 75.5. The summed E-state index contributed by atoms with van der Waals surface area (Å²) in [6, 6.07) is -0.857. The molecular weight excluding hydrogens is 988 g/mol. The van der Waals surface area contributed by atoms with E-state index in [1.54, 1.807) is 0 Å². The average molecular weight is 1110 g/mol. The molecule has 0 bridgehead atoms. The van der Waals surface area contributed by atoms with Gasteiger partial charge in [0.05, 0.1) is 33.8 Å². The molecule has 0 aromatic heterocycles. The van der Waals surface area contributed by atoms with Crippen molar-refractivity contribution in [1.29, 1.82) is 0 Å². The van der Waals surface area contributed by atoms with Crippen molar-refractivity contribution < 1.29 is 37.3 Å². The third-order valence-electron chi connectivity index (χ3n) is 14.4. The summed E-state index contributed by atoms with van der Waals surface area (Å²) in [5.41, 5.74) is 0. The highest BCUT2D eigenvalue weighted by atomic mass is 31.2. The van der Waals surface area contributed by atoms with E-state index in [0.29, 0.717) is 23.9 Å². The van der Waals surface area contributed by atoms with Crippen LogP contribution in [0, 0.1) is 0 Å². The molecule has 0 fully saturated rings. The summed E-state index contributed by atoms with van der Waals surface area (Å²) < 4.78 is 30.7. The van der Waals surface area contributed by atoms with E-state index in [1.807, 2.05) is 33.3 Å². The van der Waals surface area contributed by atoms with E-state index in [-0.39, 0.29) is 31.5 Å². The smallest absolute Gasteiger partial charge is 0.456 e. The van der Waals surface area contributed by atoms with Gasteiger partial charge in [-0.3, -0.25) is 18.6 Å². The minimum atomic E-state index is -4.45. The van der Waals surface area contributed by atoms with E-state index in [1.165, 1.54) is 173 Å². The Morgan fingerprint density at radius 1 is 0.449 bits per heavy atom. The SMILES string of the molecule is CCCCC/C=C\C/C=C\C/C=C\C/C=C\CCCCCCCCCCCCCC(=O)NC(COP(=O)(O)OCC[N+](C)(C)C)C(/C=C\CCCCCCCCCCC)OC(=O)CCCCC/C=C\CCCCCCCCC. The van der Waals surface area contributed by atoms with E-state index >= 15 is 0 Å². The Bertz CT molecular complexity index is 1570. The van der Waals surface area contributed by atoms with Gasteiger partial charge in [0.1, 0.15) is 19.3 Å². The number of phosphoric acid groups is 1. The standard InChI is InChI=1S/C68H125N2O7P/c1-7-10-13-16-19-22-25-27-29-30-31-32-33-34-35-36-37-38-39-40-41-42-45-48-51-54-57-60-67(71)69-65(64-76-78(73,74)75-63-62-70(4,5)6)66(59-56-53-50-47-44-24-21-18-15-12-9-3)77-68(72)61-58-55-52-49-46-43-28-26-23-20-17-14-11-8-2/h19,22,27,29,31-32,34-35,43,46,56,59,65-66H,7-18,20-21,23-26,28,30,33,36-42,44-45,47-55,57-58,60-64H2,1-6H3,(H-,69,71,73,74)/p+1/b22-19-,29-27-,32-31-,35-34-,46-43-,59-56-. The van der Waals surface area contributed by atoms with Crippen LogP contribution < -0.4 is 5.32 Å². The molecule has 0 saturated heterocycles. The fraction of sp³-hybridized carbons (Fsp3) is 0.794. The van der Waals surface area contributed by atoms with Gasteiger partial charge in [-0.25, -0.2) is 4.57 Å². The van der Waals surface area contributed by atoms with Crippen molar-refractivity contribution in [3.05, 3.63) is 72.9 Å². The number of likely N-dealkylation sites (N-methyl/N-ethyl adjacent to an activating group) is 1. The molecule has 78 heavy (non-hydrogen) atoms. The third-order valence-corrected chi connectivity index (χ3v) is 15.4. The number of hydrogen-bond acceptors (Lipinski definition) is 6. The molecule has 0 aromatic carbocycles. The number of nitrogens with one attached hydrogen (secondary N) is 1. The largest absolute Gasteiger partial charge is 0.472 e. The summed E-state index contributed by atoms with van der Waals surface area (Å²) >= 11 is 0. The van der Waals surface area contributed by atoms with Crippen molar-refractivity contribution >= 4 is 19.7 Å². The van der Waals surface area contributed by atoms with Crippen LogP contribution in [0.2, 0.25) is 0 Å². The van der Waals surface area contributed by atoms with Gasteiger partial charge in [-0.2, -0.15) is 0 Å². The zero-order chi connectivity index (χ0) is 57.2. The second-order valence-electron chi connectivity index (χ2n) is 23.3. The van der Waals surface area contributed by atoms with Gasteiger partial charge in [-0.05, 0) is 102 Å². The van der Waals surface area contributed by atoms with Crippen LogP contribution in [-0.4, -0.2) is 74.3 Å². The lowest BCUT2D eigenvalue weighted by Crippen LogP contribution is -2.47. The Hall–Kier alpha value is -2.55. The lowest BCUT2D eigenvalue weighted by atomic mass is 10.0. The number of hydrogen-bond donors (Lipinski definition) is 2. The summed E-state index contributed by atoms with van der Waals surface area (Å²) in [7, 11) is 1.49. The van der Waals surface area contributed by atoms with E-state index in [0.717, 1.165) is 83.5 Å². The maximum Gasteiger partial charge on any atom is 0.472 e. The molecule has 0 aromatic rings. The van der Waals surface area contributed by atoms with Crippen LogP contribution in [0.15, 0.2) is 72.9 Å². The molecule has 0 spiro atoms. The lowest BCUT2D eigenvalue weighted by Gasteiger charge is -2.27. The molecule has 9 nitrogen and oxygen atoms in total. The summed E-state index contributed by atoms with van der Waals surface area (Å²) in [5, 5.41) is 3.05. The Labute approximate surface area is 483 Å². The first-order chi connectivity index (χ1) is 37.9. The number of allylic oxidation sites excluding steroid dienone is 11. The van der Waals surface area contributed by atoms with Crippen molar-refractivity contribution in [3.63, 3.8) is 0 Å². The van der Waals surface area contributed by atoms with Gasteiger partial charge in [0, 0.05) is 12.8 Å². The van der Waals surface area contributed by atoms with Crippen LogP contribution >= 0.6 is 7.82 Å². The molecule has 0 saturated carbocycles. The maximum absolute atomic E-state index is 13.6. The highest BCUT2D eigenvalue weighted by molar-refractivity contribution is 7.47. The number of carbonyl (C=O) groups is 2. The molecule has 0 aliphatic heterocycles. The molecule has 454 valence electrons. The van der Waals surface area contributed by atoms with Crippen LogP contribution in [0.25, 0.3) is 0 Å². The molecule has 10 heteroatoms.